The molecule has 1 rings (SSSR count). The lowest BCUT2D eigenvalue weighted by atomic mass is 10.0. The molecular weight excluding hydrogens is 264 g/mol. The largest absolute Gasteiger partial charge is 0.475 e. The number of rotatable bonds is 6. The maximum absolute atomic E-state index is 12.0. The highest BCUT2D eigenvalue weighted by Crippen LogP contribution is 2.08. The van der Waals surface area contributed by atoms with E-state index in [1.165, 1.54) is 19.1 Å². The number of carbonyl (C=O) groups excluding carboxylic acids is 2. The van der Waals surface area contributed by atoms with Crippen molar-refractivity contribution < 1.29 is 23.9 Å². The summed E-state index contributed by atoms with van der Waals surface area (Å²) in [6.45, 7) is 5.04. The molecule has 3 N–H and O–H groups in total. The summed E-state index contributed by atoms with van der Waals surface area (Å²) in [7, 11) is 0. The number of carboxylic acids is 1. The van der Waals surface area contributed by atoms with Crippen LogP contribution in [0.25, 0.3) is 0 Å². The maximum atomic E-state index is 12.0. The van der Waals surface area contributed by atoms with Crippen LogP contribution in [0.15, 0.2) is 16.5 Å². The maximum Gasteiger partial charge on any atom is 0.371 e. The van der Waals surface area contributed by atoms with Crippen LogP contribution in [-0.4, -0.2) is 28.9 Å². The van der Waals surface area contributed by atoms with Gasteiger partial charge in [0.2, 0.25) is 17.6 Å². The molecule has 0 bridgehead atoms. The highest BCUT2D eigenvalue weighted by molar-refractivity contribution is 5.87. The molecule has 0 radical (unpaired) electrons. The van der Waals surface area contributed by atoms with Crippen LogP contribution >= 0.6 is 0 Å². The Hall–Kier alpha value is -2.31. The third-order valence-corrected chi connectivity index (χ3v) is 2.62. The average Bonchev–Trinajstić information content (AvgIpc) is 2.81. The van der Waals surface area contributed by atoms with Crippen molar-refractivity contribution in [2.24, 2.45) is 5.92 Å². The fourth-order valence-corrected chi connectivity index (χ4v) is 1.63. The fourth-order valence-electron chi connectivity index (χ4n) is 1.63. The van der Waals surface area contributed by atoms with Crippen molar-refractivity contribution in [1.29, 1.82) is 0 Å². The van der Waals surface area contributed by atoms with E-state index in [1.54, 1.807) is 0 Å². The Kier molecular flexibility index (Phi) is 5.31. The number of carboxylic acid groups (broad SMARTS) is 1. The molecule has 0 aromatic carbocycles. The number of nitrogens with one attached hydrogen (secondary N) is 2. The van der Waals surface area contributed by atoms with Gasteiger partial charge in [-0.3, -0.25) is 9.59 Å². The Morgan fingerprint density at radius 3 is 2.40 bits per heavy atom. The van der Waals surface area contributed by atoms with Crippen LogP contribution < -0.4 is 10.6 Å². The van der Waals surface area contributed by atoms with Crippen molar-refractivity contribution in [1.82, 2.24) is 10.6 Å². The second-order valence-electron chi connectivity index (χ2n) is 4.71. The minimum absolute atomic E-state index is 0.0644. The standard InChI is InChI=1S/C13H18N2O5/c1-7(2)11(15-8(3)16)12(17)14-6-9-4-5-10(20-9)13(18)19/h4-5,7,11H,6H2,1-3H3,(H,14,17)(H,15,16)(H,18,19). The van der Waals surface area contributed by atoms with Crippen LogP contribution in [0.4, 0.5) is 0 Å². The van der Waals surface area contributed by atoms with Crippen molar-refractivity contribution in [2.45, 2.75) is 33.4 Å². The van der Waals surface area contributed by atoms with Crippen LogP contribution in [-0.2, 0) is 16.1 Å². The van der Waals surface area contributed by atoms with E-state index in [4.69, 9.17) is 9.52 Å². The van der Waals surface area contributed by atoms with E-state index in [9.17, 15) is 14.4 Å². The van der Waals surface area contributed by atoms with Gasteiger partial charge in [0.1, 0.15) is 11.8 Å². The quantitative estimate of drug-likeness (QED) is 0.713. The molecule has 2 amide bonds. The summed E-state index contributed by atoms with van der Waals surface area (Å²) >= 11 is 0. The van der Waals surface area contributed by atoms with E-state index < -0.39 is 12.0 Å². The highest BCUT2D eigenvalue weighted by atomic mass is 16.4. The minimum Gasteiger partial charge on any atom is -0.475 e. The number of carbonyl (C=O) groups is 3. The summed E-state index contributed by atoms with van der Waals surface area (Å²) in [6.07, 6.45) is 0. The highest BCUT2D eigenvalue weighted by Gasteiger charge is 2.23. The van der Waals surface area contributed by atoms with Gasteiger partial charge in [0.15, 0.2) is 0 Å². The van der Waals surface area contributed by atoms with Gasteiger partial charge < -0.3 is 20.2 Å². The van der Waals surface area contributed by atoms with Gasteiger partial charge in [-0.2, -0.15) is 0 Å². The second-order valence-corrected chi connectivity index (χ2v) is 4.71. The molecule has 1 heterocycles. The van der Waals surface area contributed by atoms with Gasteiger partial charge >= 0.3 is 5.97 Å². The molecule has 1 unspecified atom stereocenters. The molecule has 0 fully saturated rings. The molecule has 0 spiro atoms. The predicted octanol–water partition coefficient (Wildman–Crippen LogP) is 0.755. The molecule has 1 aromatic heterocycles. The Bertz CT molecular complexity index is 507. The third-order valence-electron chi connectivity index (χ3n) is 2.62. The summed E-state index contributed by atoms with van der Waals surface area (Å²) in [4.78, 5) is 33.6. The number of amides is 2. The van der Waals surface area contributed by atoms with Crippen LogP contribution in [0.3, 0.4) is 0 Å². The van der Waals surface area contributed by atoms with Gasteiger partial charge in [-0.25, -0.2) is 4.79 Å². The summed E-state index contributed by atoms with van der Waals surface area (Å²) in [6, 6.07) is 2.16. The van der Waals surface area contributed by atoms with Gasteiger partial charge in [0.25, 0.3) is 0 Å². The minimum atomic E-state index is -1.17. The summed E-state index contributed by atoms with van der Waals surface area (Å²) in [5, 5.41) is 13.9. The van der Waals surface area contributed by atoms with E-state index >= 15 is 0 Å². The van der Waals surface area contributed by atoms with Crippen molar-refractivity contribution in [2.75, 3.05) is 0 Å². The van der Waals surface area contributed by atoms with E-state index in [2.05, 4.69) is 10.6 Å². The van der Waals surface area contributed by atoms with E-state index in [1.807, 2.05) is 13.8 Å². The van der Waals surface area contributed by atoms with Gasteiger partial charge in [-0.15, -0.1) is 0 Å². The third kappa shape index (κ3) is 4.42. The zero-order valence-corrected chi connectivity index (χ0v) is 11.6. The first-order valence-electron chi connectivity index (χ1n) is 6.18. The van der Waals surface area contributed by atoms with Crippen molar-refractivity contribution in [3.05, 3.63) is 23.7 Å². The Morgan fingerprint density at radius 1 is 1.30 bits per heavy atom. The van der Waals surface area contributed by atoms with Gasteiger partial charge in [0, 0.05) is 6.92 Å². The number of hydrogen-bond donors (Lipinski definition) is 3. The molecule has 0 saturated carbocycles. The molecule has 1 atom stereocenters. The van der Waals surface area contributed by atoms with Gasteiger partial charge in [-0.1, -0.05) is 13.8 Å². The SMILES string of the molecule is CC(=O)NC(C(=O)NCc1ccc(C(=O)O)o1)C(C)C. The normalized spacial score (nSPS) is 12.0. The Labute approximate surface area is 116 Å². The van der Waals surface area contributed by atoms with E-state index in [-0.39, 0.29) is 30.0 Å². The zero-order chi connectivity index (χ0) is 15.3. The average molecular weight is 282 g/mol. The van der Waals surface area contributed by atoms with E-state index in [0.29, 0.717) is 5.76 Å². The number of furan rings is 1. The molecule has 20 heavy (non-hydrogen) atoms. The number of aromatic carboxylic acids is 1. The summed E-state index contributed by atoms with van der Waals surface area (Å²) in [5.41, 5.74) is 0. The molecular formula is C13H18N2O5. The molecule has 0 aliphatic rings. The lowest BCUT2D eigenvalue weighted by Gasteiger charge is -2.20. The lowest BCUT2D eigenvalue weighted by molar-refractivity contribution is -0.129. The predicted molar refractivity (Wildman–Crippen MR) is 70.0 cm³/mol. The Balaban J connectivity index is 2.59. The van der Waals surface area contributed by atoms with Gasteiger partial charge in [0.05, 0.1) is 6.54 Å². The monoisotopic (exact) mass is 282 g/mol. The summed E-state index contributed by atoms with van der Waals surface area (Å²) in [5.74, 6) is -1.71. The van der Waals surface area contributed by atoms with Crippen LogP contribution in [0.1, 0.15) is 37.1 Å². The topological polar surface area (TPSA) is 109 Å². The summed E-state index contributed by atoms with van der Waals surface area (Å²) < 4.78 is 5.02. The lowest BCUT2D eigenvalue weighted by Crippen LogP contribution is -2.48. The zero-order valence-electron chi connectivity index (χ0n) is 11.6. The van der Waals surface area contributed by atoms with Crippen molar-refractivity contribution in [3.63, 3.8) is 0 Å². The van der Waals surface area contributed by atoms with Gasteiger partial charge in [-0.05, 0) is 18.1 Å². The molecule has 7 nitrogen and oxygen atoms in total. The molecule has 0 aliphatic carbocycles. The Morgan fingerprint density at radius 2 is 1.95 bits per heavy atom. The fraction of sp³-hybridized carbons (Fsp3) is 0.462. The molecule has 110 valence electrons. The first-order chi connectivity index (χ1) is 9.31. The smallest absolute Gasteiger partial charge is 0.371 e. The molecule has 7 heteroatoms. The van der Waals surface area contributed by atoms with Crippen molar-refractivity contribution in [3.8, 4) is 0 Å². The second kappa shape index (κ2) is 6.74. The van der Waals surface area contributed by atoms with Crippen LogP contribution in [0.2, 0.25) is 0 Å². The van der Waals surface area contributed by atoms with Crippen molar-refractivity contribution >= 4 is 17.8 Å². The molecule has 0 aliphatic heterocycles. The first kappa shape index (κ1) is 15.7. The molecule has 1 aromatic rings. The van der Waals surface area contributed by atoms with Crippen LogP contribution in [0, 0.1) is 5.92 Å². The number of hydrogen-bond acceptors (Lipinski definition) is 4. The van der Waals surface area contributed by atoms with Crippen LogP contribution in [0.5, 0.6) is 0 Å². The van der Waals surface area contributed by atoms with E-state index in [0.717, 1.165) is 0 Å². The molecule has 0 saturated heterocycles. The first-order valence-corrected chi connectivity index (χ1v) is 6.18.